The first kappa shape index (κ1) is 13.9. The molecule has 2 aliphatic rings. The van der Waals surface area contributed by atoms with Crippen LogP contribution >= 0.6 is 0 Å². The summed E-state index contributed by atoms with van der Waals surface area (Å²) in [5, 5.41) is 20.2. The summed E-state index contributed by atoms with van der Waals surface area (Å²) in [4.78, 5) is 0. The Bertz CT molecular complexity index is 770. The topological polar surface area (TPSA) is 77.4 Å². The molecule has 0 unspecified atom stereocenters. The quantitative estimate of drug-likeness (QED) is 0.886. The Morgan fingerprint density at radius 3 is 2.52 bits per heavy atom. The molecule has 4 rings (SSSR count). The van der Waals surface area contributed by atoms with Crippen molar-refractivity contribution in [1.29, 1.82) is 0 Å². The summed E-state index contributed by atoms with van der Waals surface area (Å²) in [6.07, 6.45) is 0.639. The van der Waals surface area contributed by atoms with Crippen molar-refractivity contribution in [2.45, 2.75) is 12.3 Å². The molecule has 2 aliphatic heterocycles. The van der Waals surface area contributed by atoms with Gasteiger partial charge in [-0.1, -0.05) is 0 Å². The number of phenolic OH excluding ortho intramolecular Hbond substituents is 2. The molecule has 0 bridgehead atoms. The van der Waals surface area contributed by atoms with Crippen LogP contribution < -0.4 is 18.9 Å². The van der Waals surface area contributed by atoms with Crippen LogP contribution in [0.2, 0.25) is 0 Å². The Balaban J connectivity index is 1.67. The minimum atomic E-state index is -0.0372. The van der Waals surface area contributed by atoms with Crippen LogP contribution in [-0.2, 0) is 6.42 Å². The molecule has 0 saturated carbocycles. The van der Waals surface area contributed by atoms with E-state index in [1.165, 1.54) is 7.11 Å². The second kappa shape index (κ2) is 5.15. The number of fused-ring (bicyclic) bond motifs is 2. The third-order valence-corrected chi connectivity index (χ3v) is 4.23. The minimum Gasteiger partial charge on any atom is -0.508 e. The summed E-state index contributed by atoms with van der Waals surface area (Å²) in [5.41, 5.74) is 1.62. The van der Waals surface area contributed by atoms with Crippen LogP contribution in [0.15, 0.2) is 24.3 Å². The van der Waals surface area contributed by atoms with Gasteiger partial charge in [0.1, 0.15) is 11.5 Å². The average molecular weight is 316 g/mol. The van der Waals surface area contributed by atoms with Crippen LogP contribution in [0.1, 0.15) is 17.0 Å². The molecule has 6 heteroatoms. The number of aromatic hydroxyl groups is 2. The van der Waals surface area contributed by atoms with E-state index in [-0.39, 0.29) is 24.2 Å². The normalized spacial score (nSPS) is 18.2. The number of rotatable bonds is 2. The van der Waals surface area contributed by atoms with Crippen molar-refractivity contribution in [1.82, 2.24) is 0 Å². The van der Waals surface area contributed by atoms with E-state index < -0.39 is 0 Å². The fourth-order valence-electron chi connectivity index (χ4n) is 3.04. The van der Waals surface area contributed by atoms with E-state index >= 15 is 0 Å². The van der Waals surface area contributed by atoms with Crippen LogP contribution in [-0.4, -0.2) is 30.7 Å². The number of hydrogen-bond acceptors (Lipinski definition) is 6. The molecule has 0 fully saturated rings. The van der Waals surface area contributed by atoms with E-state index in [1.807, 2.05) is 0 Å². The summed E-state index contributed by atoms with van der Waals surface area (Å²) in [6.45, 7) is 0.587. The first-order chi connectivity index (χ1) is 11.2. The Morgan fingerprint density at radius 1 is 0.957 bits per heavy atom. The third-order valence-electron chi connectivity index (χ3n) is 4.23. The van der Waals surface area contributed by atoms with Gasteiger partial charge in [0, 0.05) is 23.6 Å². The molecule has 0 saturated heterocycles. The molecule has 1 atom stereocenters. The fraction of sp³-hybridized carbons (Fsp3) is 0.294. The summed E-state index contributed by atoms with van der Waals surface area (Å²) in [6, 6.07) is 6.68. The molecule has 0 amide bonds. The van der Waals surface area contributed by atoms with Gasteiger partial charge in [0.2, 0.25) is 6.79 Å². The van der Waals surface area contributed by atoms with Crippen LogP contribution in [0, 0.1) is 0 Å². The zero-order valence-electron chi connectivity index (χ0n) is 12.5. The van der Waals surface area contributed by atoms with Gasteiger partial charge in [0.25, 0.3) is 0 Å². The van der Waals surface area contributed by atoms with Crippen molar-refractivity contribution in [3.63, 3.8) is 0 Å². The lowest BCUT2D eigenvalue weighted by Gasteiger charge is -2.26. The zero-order chi connectivity index (χ0) is 16.0. The highest BCUT2D eigenvalue weighted by Crippen LogP contribution is 2.44. The average Bonchev–Trinajstić information content (AvgIpc) is 3.00. The van der Waals surface area contributed by atoms with E-state index in [2.05, 4.69) is 0 Å². The monoisotopic (exact) mass is 316 g/mol. The highest BCUT2D eigenvalue weighted by atomic mass is 16.7. The van der Waals surface area contributed by atoms with Crippen LogP contribution in [0.25, 0.3) is 0 Å². The molecule has 2 aromatic rings. The van der Waals surface area contributed by atoms with Crippen molar-refractivity contribution in [3.05, 3.63) is 35.4 Å². The Kier molecular flexibility index (Phi) is 3.11. The summed E-state index contributed by atoms with van der Waals surface area (Å²) in [7, 11) is 1.50. The van der Waals surface area contributed by atoms with Crippen molar-refractivity contribution in [2.24, 2.45) is 0 Å². The van der Waals surface area contributed by atoms with Gasteiger partial charge in [-0.25, -0.2) is 0 Å². The summed E-state index contributed by atoms with van der Waals surface area (Å²) < 4.78 is 21.5. The fourth-order valence-corrected chi connectivity index (χ4v) is 3.04. The predicted octanol–water partition coefficient (Wildman–Crippen LogP) is 2.55. The SMILES string of the molecule is COc1cc2c(cc1O)C[C@H](c1cc3c(cc1O)OCO3)CO2. The largest absolute Gasteiger partial charge is 0.508 e. The molecule has 120 valence electrons. The smallest absolute Gasteiger partial charge is 0.231 e. The van der Waals surface area contributed by atoms with Gasteiger partial charge >= 0.3 is 0 Å². The van der Waals surface area contributed by atoms with Gasteiger partial charge in [-0.2, -0.15) is 0 Å². The van der Waals surface area contributed by atoms with Crippen molar-refractivity contribution in [3.8, 4) is 34.5 Å². The predicted molar refractivity (Wildman–Crippen MR) is 80.8 cm³/mol. The maximum atomic E-state index is 10.3. The molecule has 2 N–H and O–H groups in total. The van der Waals surface area contributed by atoms with Crippen molar-refractivity contribution in [2.75, 3.05) is 20.5 Å². The third kappa shape index (κ3) is 2.27. The minimum absolute atomic E-state index is 0.0372. The molecular weight excluding hydrogens is 300 g/mol. The molecule has 6 nitrogen and oxygen atoms in total. The van der Waals surface area contributed by atoms with E-state index in [9.17, 15) is 10.2 Å². The number of methoxy groups -OCH3 is 1. The molecule has 23 heavy (non-hydrogen) atoms. The molecule has 0 aromatic heterocycles. The van der Waals surface area contributed by atoms with Gasteiger partial charge in [-0.05, 0) is 24.1 Å². The van der Waals surface area contributed by atoms with Gasteiger partial charge in [-0.3, -0.25) is 0 Å². The van der Waals surface area contributed by atoms with Crippen LogP contribution in [0.4, 0.5) is 0 Å². The Labute approximate surface area is 132 Å². The van der Waals surface area contributed by atoms with E-state index in [0.717, 1.165) is 11.1 Å². The number of hydrogen-bond donors (Lipinski definition) is 2. The molecule has 2 heterocycles. The lowest BCUT2D eigenvalue weighted by atomic mass is 9.89. The summed E-state index contributed by atoms with van der Waals surface area (Å²) >= 11 is 0. The van der Waals surface area contributed by atoms with Crippen molar-refractivity contribution >= 4 is 0 Å². The van der Waals surface area contributed by atoms with Gasteiger partial charge in [-0.15, -0.1) is 0 Å². The first-order valence-corrected chi connectivity index (χ1v) is 7.31. The van der Waals surface area contributed by atoms with Gasteiger partial charge in [0.15, 0.2) is 23.0 Å². The zero-order valence-corrected chi connectivity index (χ0v) is 12.5. The number of ether oxygens (including phenoxy) is 4. The number of phenols is 2. The molecule has 2 aromatic carbocycles. The van der Waals surface area contributed by atoms with E-state index in [4.69, 9.17) is 18.9 Å². The molecular formula is C17H16O6. The standard InChI is InChI=1S/C17H16O6/c1-20-15-6-14-9(3-13(15)19)2-10(7-21-14)11-4-16-17(5-12(11)18)23-8-22-16/h3-6,10,18-19H,2,7-8H2,1H3/t10-/m0/s1. The van der Waals surface area contributed by atoms with Crippen molar-refractivity contribution < 1.29 is 29.2 Å². The Hall–Kier alpha value is -2.76. The lowest BCUT2D eigenvalue weighted by Crippen LogP contribution is -2.19. The highest BCUT2D eigenvalue weighted by molar-refractivity contribution is 5.55. The molecule has 0 radical (unpaired) electrons. The van der Waals surface area contributed by atoms with E-state index in [1.54, 1.807) is 24.3 Å². The van der Waals surface area contributed by atoms with Crippen LogP contribution in [0.5, 0.6) is 34.5 Å². The second-order valence-electron chi connectivity index (χ2n) is 5.61. The van der Waals surface area contributed by atoms with Gasteiger partial charge < -0.3 is 29.2 Å². The Morgan fingerprint density at radius 2 is 1.74 bits per heavy atom. The summed E-state index contributed by atoms with van der Waals surface area (Å²) in [5.74, 6) is 2.44. The molecule has 0 aliphatic carbocycles. The lowest BCUT2D eigenvalue weighted by molar-refractivity contribution is 0.174. The number of benzene rings is 2. The highest BCUT2D eigenvalue weighted by Gasteiger charge is 2.27. The molecule has 0 spiro atoms. The maximum absolute atomic E-state index is 10.3. The van der Waals surface area contributed by atoms with Crippen LogP contribution in [0.3, 0.4) is 0 Å². The van der Waals surface area contributed by atoms with Gasteiger partial charge in [0.05, 0.1) is 13.7 Å². The second-order valence-corrected chi connectivity index (χ2v) is 5.61. The first-order valence-electron chi connectivity index (χ1n) is 7.31. The van der Waals surface area contributed by atoms with E-state index in [0.29, 0.717) is 36.0 Å². The maximum Gasteiger partial charge on any atom is 0.231 e.